The van der Waals surface area contributed by atoms with Crippen molar-refractivity contribution in [2.45, 2.75) is 225 Å². The summed E-state index contributed by atoms with van der Waals surface area (Å²) in [5, 5.41) is 9.54. The van der Waals surface area contributed by atoms with Crippen LogP contribution in [-0.4, -0.2) is 36.4 Å². The maximum atomic E-state index is 12.1. The summed E-state index contributed by atoms with van der Waals surface area (Å²) < 4.78 is 10.6. The molecule has 6 heteroatoms. The Morgan fingerprint density at radius 2 is 0.711 bits per heavy atom. The van der Waals surface area contributed by atoms with E-state index in [1.807, 2.05) is 0 Å². The van der Waals surface area contributed by atoms with Crippen molar-refractivity contribution < 1.29 is 24.2 Å². The van der Waals surface area contributed by atoms with E-state index in [1.165, 1.54) is 161 Å². The summed E-state index contributed by atoms with van der Waals surface area (Å²) in [6, 6.07) is 0. The number of carbonyl (C=O) groups is 2. The minimum absolute atomic E-state index is 0. The maximum Gasteiger partial charge on any atom is 0.306 e. The minimum atomic E-state index is -0.760. The molecule has 0 spiro atoms. The molecule has 0 bridgehead atoms. The Hall–Kier alpha value is -0.810. The Balaban J connectivity index is 0. The lowest BCUT2D eigenvalue weighted by Crippen LogP contribution is -2.28. The van der Waals surface area contributed by atoms with E-state index in [1.54, 1.807) is 0 Å². The van der Waals surface area contributed by atoms with Gasteiger partial charge in [-0.25, -0.2) is 0 Å². The van der Waals surface area contributed by atoms with Crippen LogP contribution in [0.4, 0.5) is 0 Å². The lowest BCUT2D eigenvalue weighted by atomic mass is 10.0. The highest BCUT2D eigenvalue weighted by Gasteiger charge is 2.16. The summed E-state index contributed by atoms with van der Waals surface area (Å²) in [5.74, 6) is -0.575. The fourth-order valence-corrected chi connectivity index (χ4v) is 5.91. The number of hydrogen-bond acceptors (Lipinski definition) is 5. The molecule has 0 aromatic rings. The number of carbonyl (C=O) groups excluding carboxylic acids is 2. The molecule has 0 amide bonds. The van der Waals surface area contributed by atoms with Gasteiger partial charge in [-0.1, -0.05) is 194 Å². The van der Waals surface area contributed by atoms with Crippen LogP contribution >= 0.6 is 12.4 Å². The smallest absolute Gasteiger partial charge is 0.306 e. The highest BCUT2D eigenvalue weighted by molar-refractivity contribution is 5.85. The highest BCUT2D eigenvalue weighted by Crippen LogP contribution is 2.15. The van der Waals surface area contributed by atoms with E-state index < -0.39 is 6.10 Å². The summed E-state index contributed by atoms with van der Waals surface area (Å²) in [6.07, 6.45) is 38.7. The highest BCUT2D eigenvalue weighted by atomic mass is 35.5. The molecule has 0 aliphatic carbocycles. The summed E-state index contributed by atoms with van der Waals surface area (Å²) >= 11 is 0. The first-order chi connectivity index (χ1) is 21.6. The van der Waals surface area contributed by atoms with Gasteiger partial charge in [-0.15, -0.1) is 12.4 Å². The van der Waals surface area contributed by atoms with Crippen LogP contribution in [-0.2, 0) is 19.1 Å². The molecule has 1 N–H and O–H groups in total. The molecular formula is C39H77ClO5. The van der Waals surface area contributed by atoms with Crippen LogP contribution in [0, 0.1) is 0 Å². The fraction of sp³-hybridized carbons (Fsp3) is 0.949. The molecule has 0 aromatic carbocycles. The van der Waals surface area contributed by atoms with E-state index in [2.05, 4.69) is 13.8 Å². The van der Waals surface area contributed by atoms with Crippen LogP contribution in [0.3, 0.4) is 0 Å². The van der Waals surface area contributed by atoms with Gasteiger partial charge in [0.1, 0.15) is 6.61 Å². The van der Waals surface area contributed by atoms with Gasteiger partial charge in [-0.3, -0.25) is 9.59 Å². The standard InChI is InChI=1S/C39H76O5.ClH/c1-3-5-7-9-11-13-15-17-19-21-23-25-27-29-31-33-38(41)43-36-37(35-40)44-39(42)34-32-30-28-26-24-22-20-18-16-14-12-10-8-6-4-2;/h37,40H,3-36H2,1-2H3;1H. The largest absolute Gasteiger partial charge is 0.462 e. The number of unbranched alkanes of at least 4 members (excludes halogenated alkanes) is 28. The monoisotopic (exact) mass is 661 g/mol. The van der Waals surface area contributed by atoms with Crippen molar-refractivity contribution in [3.63, 3.8) is 0 Å². The molecular weight excluding hydrogens is 584 g/mol. The Bertz CT molecular complexity index is 600. The first-order valence-electron chi connectivity index (χ1n) is 19.6. The lowest BCUT2D eigenvalue weighted by molar-refractivity contribution is -0.161. The number of ether oxygens (including phenoxy) is 2. The third kappa shape index (κ3) is 37.5. The lowest BCUT2D eigenvalue weighted by Gasteiger charge is -2.15. The van der Waals surface area contributed by atoms with Gasteiger partial charge in [0, 0.05) is 12.8 Å². The Kier molecular flexibility index (Phi) is 40.5. The summed E-state index contributed by atoms with van der Waals surface area (Å²) in [6.45, 7) is 4.16. The number of hydrogen-bond donors (Lipinski definition) is 1. The van der Waals surface area contributed by atoms with E-state index in [-0.39, 0.29) is 37.6 Å². The molecule has 5 nitrogen and oxygen atoms in total. The summed E-state index contributed by atoms with van der Waals surface area (Å²) in [7, 11) is 0. The van der Waals surface area contributed by atoms with Crippen molar-refractivity contribution in [1.82, 2.24) is 0 Å². The van der Waals surface area contributed by atoms with Crippen molar-refractivity contribution in [3.8, 4) is 0 Å². The molecule has 0 radical (unpaired) electrons. The van der Waals surface area contributed by atoms with E-state index in [9.17, 15) is 14.7 Å². The van der Waals surface area contributed by atoms with Gasteiger partial charge >= 0.3 is 11.9 Å². The molecule has 0 aliphatic heterocycles. The van der Waals surface area contributed by atoms with Gasteiger partial charge in [0.15, 0.2) is 6.10 Å². The number of halogens is 1. The summed E-state index contributed by atoms with van der Waals surface area (Å²) in [4.78, 5) is 24.2. The van der Waals surface area contributed by atoms with Gasteiger partial charge in [-0.2, -0.15) is 0 Å². The zero-order valence-electron chi connectivity index (χ0n) is 30.1. The molecule has 0 saturated carbocycles. The maximum absolute atomic E-state index is 12.1. The number of aliphatic hydroxyl groups is 1. The fourth-order valence-electron chi connectivity index (χ4n) is 5.91. The third-order valence-electron chi connectivity index (χ3n) is 8.90. The first kappa shape index (κ1) is 46.3. The predicted octanol–water partition coefficient (Wildman–Crippen LogP) is 12.4. The number of esters is 2. The third-order valence-corrected chi connectivity index (χ3v) is 8.90. The molecule has 1 atom stereocenters. The SMILES string of the molecule is CCCCCCCCCCCCCCCCCC(=O)OCC(CO)OC(=O)CCCCCCCCCCCCCCCCC.Cl. The minimum Gasteiger partial charge on any atom is -0.462 e. The molecule has 45 heavy (non-hydrogen) atoms. The van der Waals surface area contributed by atoms with E-state index >= 15 is 0 Å². The van der Waals surface area contributed by atoms with Crippen molar-refractivity contribution >= 4 is 24.3 Å². The molecule has 0 aliphatic rings. The van der Waals surface area contributed by atoms with Gasteiger partial charge in [0.2, 0.25) is 0 Å². The second-order valence-corrected chi connectivity index (χ2v) is 13.4. The molecule has 0 saturated heterocycles. The zero-order valence-corrected chi connectivity index (χ0v) is 30.9. The quantitative estimate of drug-likeness (QED) is 0.0534. The molecule has 0 fully saturated rings. The van der Waals surface area contributed by atoms with Gasteiger partial charge in [0.05, 0.1) is 6.61 Å². The molecule has 0 rings (SSSR count). The van der Waals surface area contributed by atoms with Crippen LogP contribution in [0.15, 0.2) is 0 Å². The van der Waals surface area contributed by atoms with Crippen LogP contribution < -0.4 is 0 Å². The van der Waals surface area contributed by atoms with Gasteiger partial charge in [0.25, 0.3) is 0 Å². The molecule has 0 heterocycles. The van der Waals surface area contributed by atoms with Crippen LogP contribution in [0.5, 0.6) is 0 Å². The average Bonchev–Trinajstić information content (AvgIpc) is 3.02. The Labute approximate surface area is 286 Å². The number of aliphatic hydroxyl groups excluding tert-OH is 1. The normalized spacial score (nSPS) is 11.7. The van der Waals surface area contributed by atoms with Gasteiger partial charge < -0.3 is 14.6 Å². The summed E-state index contributed by atoms with van der Waals surface area (Å²) in [5.41, 5.74) is 0. The Morgan fingerprint density at radius 3 is 1.00 bits per heavy atom. The molecule has 1 unspecified atom stereocenters. The molecule has 0 aromatic heterocycles. The molecule has 270 valence electrons. The van der Waals surface area contributed by atoms with Crippen molar-refractivity contribution in [2.24, 2.45) is 0 Å². The zero-order chi connectivity index (χ0) is 32.2. The predicted molar refractivity (Wildman–Crippen MR) is 194 cm³/mol. The van der Waals surface area contributed by atoms with Gasteiger partial charge in [-0.05, 0) is 12.8 Å². The second-order valence-electron chi connectivity index (χ2n) is 13.4. The van der Waals surface area contributed by atoms with Crippen molar-refractivity contribution in [3.05, 3.63) is 0 Å². The second kappa shape index (κ2) is 39.4. The Morgan fingerprint density at radius 1 is 0.444 bits per heavy atom. The van der Waals surface area contributed by atoms with E-state index in [0.29, 0.717) is 12.8 Å². The van der Waals surface area contributed by atoms with Crippen LogP contribution in [0.2, 0.25) is 0 Å². The number of rotatable bonds is 36. The first-order valence-corrected chi connectivity index (χ1v) is 19.6. The van der Waals surface area contributed by atoms with E-state index in [0.717, 1.165) is 32.1 Å². The van der Waals surface area contributed by atoms with Crippen molar-refractivity contribution in [1.29, 1.82) is 0 Å². The van der Waals surface area contributed by atoms with Crippen LogP contribution in [0.1, 0.15) is 219 Å². The van der Waals surface area contributed by atoms with E-state index in [4.69, 9.17) is 9.47 Å². The van der Waals surface area contributed by atoms with Crippen molar-refractivity contribution in [2.75, 3.05) is 13.2 Å². The van der Waals surface area contributed by atoms with Crippen LogP contribution in [0.25, 0.3) is 0 Å². The average molecular weight is 661 g/mol. The topological polar surface area (TPSA) is 72.8 Å².